The summed E-state index contributed by atoms with van der Waals surface area (Å²) in [6.45, 7) is 7.64. The number of ether oxygens (including phenoxy) is 1. The first-order chi connectivity index (χ1) is 18.3. The van der Waals surface area contributed by atoms with E-state index in [2.05, 4.69) is 6.92 Å². The van der Waals surface area contributed by atoms with Crippen molar-refractivity contribution in [2.24, 2.45) is 11.8 Å². The van der Waals surface area contributed by atoms with Crippen LogP contribution < -0.4 is 0 Å². The van der Waals surface area contributed by atoms with Crippen molar-refractivity contribution in [3.05, 3.63) is 60.2 Å². The molecular formula is C30H39N3O5. The Labute approximate surface area is 224 Å². The Morgan fingerprint density at radius 3 is 2.26 bits per heavy atom. The van der Waals surface area contributed by atoms with E-state index in [1.165, 1.54) is 4.90 Å². The van der Waals surface area contributed by atoms with Crippen LogP contribution >= 0.6 is 0 Å². The molecule has 0 saturated carbocycles. The van der Waals surface area contributed by atoms with Gasteiger partial charge < -0.3 is 24.5 Å². The number of hydrogen-bond acceptors (Lipinski definition) is 5. The average Bonchev–Trinajstić information content (AvgIpc) is 3.19. The number of nitrogens with zero attached hydrogens (tertiary/aromatic N) is 3. The van der Waals surface area contributed by atoms with Crippen LogP contribution in [0.3, 0.4) is 0 Å². The minimum atomic E-state index is -1.31. The number of unbranched alkanes of at least 4 members (excludes halogenated alkanes) is 1. The van der Waals surface area contributed by atoms with Crippen LogP contribution in [0.5, 0.6) is 0 Å². The Morgan fingerprint density at radius 2 is 1.61 bits per heavy atom. The minimum absolute atomic E-state index is 0.122. The first-order valence-corrected chi connectivity index (χ1v) is 13.9. The van der Waals surface area contributed by atoms with Crippen LogP contribution in [0.4, 0.5) is 0 Å². The number of aliphatic hydroxyl groups excluding tert-OH is 1. The number of carbonyl (C=O) groups is 3. The third-order valence-electron chi connectivity index (χ3n) is 8.63. The van der Waals surface area contributed by atoms with Crippen LogP contribution in [0.1, 0.15) is 51.6 Å². The second kappa shape index (κ2) is 10.3. The predicted octanol–water partition coefficient (Wildman–Crippen LogP) is 2.70. The van der Waals surface area contributed by atoms with Crippen molar-refractivity contribution < 1.29 is 24.2 Å². The number of fused-ring (bicyclic) bond motifs is 2. The monoisotopic (exact) mass is 521 g/mol. The zero-order valence-corrected chi connectivity index (χ0v) is 22.6. The maximum absolute atomic E-state index is 14.6. The standard InChI is InChI=1S/C30H39N3O5/c1-4-6-17-32-19-11-15-30-24(23-26(35)31(16-5-2)18-10-14-29(23,3)38-30)27(36)33(25(30)28(32)37)22(20-34)21-12-8-7-9-13-21/h7-15,22-25,34H,4-6,16-20H2,1-3H3/t22-,23-,24+,25?,29+,30+/m1/s1. The van der Waals surface area contributed by atoms with E-state index >= 15 is 0 Å². The van der Waals surface area contributed by atoms with Crippen LogP contribution in [0.25, 0.3) is 0 Å². The molecule has 1 spiro atoms. The maximum Gasteiger partial charge on any atom is 0.249 e. The van der Waals surface area contributed by atoms with Gasteiger partial charge in [-0.2, -0.15) is 0 Å². The molecule has 0 aliphatic carbocycles. The molecule has 4 heterocycles. The van der Waals surface area contributed by atoms with E-state index in [1.54, 1.807) is 9.80 Å². The summed E-state index contributed by atoms with van der Waals surface area (Å²) in [5.41, 5.74) is -1.61. The third-order valence-corrected chi connectivity index (χ3v) is 8.63. The first-order valence-electron chi connectivity index (χ1n) is 13.9. The number of amides is 3. The maximum atomic E-state index is 14.6. The molecule has 4 aliphatic heterocycles. The van der Waals surface area contributed by atoms with Gasteiger partial charge in [-0.05, 0) is 25.3 Å². The molecule has 1 unspecified atom stereocenters. The van der Waals surface area contributed by atoms with Crippen LogP contribution in [-0.4, -0.2) is 87.6 Å². The quantitative estimate of drug-likeness (QED) is 0.532. The summed E-state index contributed by atoms with van der Waals surface area (Å²) in [6.07, 6.45) is 10.2. The van der Waals surface area contributed by atoms with Gasteiger partial charge in [0.2, 0.25) is 17.7 Å². The van der Waals surface area contributed by atoms with Gasteiger partial charge in [-0.1, -0.05) is 74.9 Å². The van der Waals surface area contributed by atoms with Crippen LogP contribution in [0.2, 0.25) is 0 Å². The lowest BCUT2D eigenvalue weighted by Gasteiger charge is -2.40. The van der Waals surface area contributed by atoms with E-state index in [4.69, 9.17) is 4.74 Å². The molecule has 0 radical (unpaired) electrons. The molecule has 204 valence electrons. The van der Waals surface area contributed by atoms with Crippen molar-refractivity contribution in [3.8, 4) is 0 Å². The largest absolute Gasteiger partial charge is 0.394 e. The highest BCUT2D eigenvalue weighted by Crippen LogP contribution is 2.58. The molecule has 1 N–H and O–H groups in total. The van der Waals surface area contributed by atoms with E-state index in [9.17, 15) is 19.5 Å². The van der Waals surface area contributed by atoms with E-state index in [0.717, 1.165) is 24.8 Å². The van der Waals surface area contributed by atoms with Crippen LogP contribution in [-0.2, 0) is 19.1 Å². The number of aliphatic hydroxyl groups is 1. The van der Waals surface area contributed by atoms with Gasteiger partial charge in [0.15, 0.2) is 0 Å². The Morgan fingerprint density at radius 1 is 0.921 bits per heavy atom. The van der Waals surface area contributed by atoms with Gasteiger partial charge >= 0.3 is 0 Å². The zero-order chi connectivity index (χ0) is 27.1. The number of benzene rings is 1. The number of rotatable bonds is 8. The molecule has 3 amide bonds. The number of likely N-dealkylation sites (tertiary alicyclic amines) is 1. The SMILES string of the molecule is CCCCN1CC=C[C@]23O[C@@]4(C)C=CCN(CCC)C(=O)[C@H]4[C@H]2C(=O)N([C@H](CO)c2ccccc2)C3C1=O. The average molecular weight is 522 g/mol. The molecule has 2 saturated heterocycles. The van der Waals surface area contributed by atoms with Gasteiger partial charge in [-0.3, -0.25) is 14.4 Å². The van der Waals surface area contributed by atoms with E-state index in [-0.39, 0.29) is 24.3 Å². The van der Waals surface area contributed by atoms with Gasteiger partial charge in [0.05, 0.1) is 30.1 Å². The Balaban J connectivity index is 1.67. The zero-order valence-electron chi connectivity index (χ0n) is 22.6. The second-order valence-corrected chi connectivity index (χ2v) is 11.1. The molecule has 1 aromatic rings. The van der Waals surface area contributed by atoms with Crippen molar-refractivity contribution >= 4 is 17.7 Å². The summed E-state index contributed by atoms with van der Waals surface area (Å²) in [6, 6.07) is 7.57. The summed E-state index contributed by atoms with van der Waals surface area (Å²) in [4.78, 5) is 48.0. The van der Waals surface area contributed by atoms with Gasteiger partial charge in [-0.15, -0.1) is 0 Å². The van der Waals surface area contributed by atoms with Crippen molar-refractivity contribution in [1.29, 1.82) is 0 Å². The fourth-order valence-corrected chi connectivity index (χ4v) is 6.94. The molecule has 1 aromatic carbocycles. The van der Waals surface area contributed by atoms with E-state index in [0.29, 0.717) is 26.2 Å². The fraction of sp³-hybridized carbons (Fsp3) is 0.567. The van der Waals surface area contributed by atoms with Crippen LogP contribution in [0.15, 0.2) is 54.6 Å². The van der Waals surface area contributed by atoms with Crippen molar-refractivity contribution in [3.63, 3.8) is 0 Å². The molecule has 6 atom stereocenters. The lowest BCUT2D eigenvalue weighted by molar-refractivity contribution is -0.156. The molecule has 0 bridgehead atoms. The molecule has 5 rings (SSSR count). The summed E-state index contributed by atoms with van der Waals surface area (Å²) < 4.78 is 6.87. The smallest absolute Gasteiger partial charge is 0.249 e. The van der Waals surface area contributed by atoms with E-state index < -0.39 is 35.1 Å². The summed E-state index contributed by atoms with van der Waals surface area (Å²) in [5.74, 6) is -2.29. The van der Waals surface area contributed by atoms with Crippen LogP contribution in [0, 0.1) is 11.8 Å². The summed E-state index contributed by atoms with van der Waals surface area (Å²) in [7, 11) is 0. The molecule has 2 fully saturated rings. The van der Waals surface area contributed by atoms with Gasteiger partial charge in [0.1, 0.15) is 11.6 Å². The Hall–Kier alpha value is -2.97. The lowest BCUT2D eigenvalue weighted by Crippen LogP contribution is -2.57. The highest BCUT2D eigenvalue weighted by atomic mass is 16.5. The third kappa shape index (κ3) is 4.00. The highest BCUT2D eigenvalue weighted by molar-refractivity contribution is 6.00. The second-order valence-electron chi connectivity index (χ2n) is 11.1. The molecule has 8 nitrogen and oxygen atoms in total. The van der Waals surface area contributed by atoms with Gasteiger partial charge in [-0.25, -0.2) is 0 Å². The van der Waals surface area contributed by atoms with Crippen molar-refractivity contribution in [2.45, 2.75) is 63.3 Å². The molecule has 4 aliphatic rings. The topological polar surface area (TPSA) is 90.4 Å². The number of carbonyl (C=O) groups excluding carboxylic acids is 3. The van der Waals surface area contributed by atoms with Crippen molar-refractivity contribution in [1.82, 2.24) is 14.7 Å². The van der Waals surface area contributed by atoms with Gasteiger partial charge in [0.25, 0.3) is 0 Å². The molecule has 0 aromatic heterocycles. The normalized spacial score (nSPS) is 33.2. The lowest BCUT2D eigenvalue weighted by atomic mass is 9.74. The van der Waals surface area contributed by atoms with Crippen molar-refractivity contribution in [2.75, 3.05) is 32.8 Å². The molecule has 38 heavy (non-hydrogen) atoms. The molecule has 8 heteroatoms. The number of hydrogen-bond donors (Lipinski definition) is 1. The van der Waals surface area contributed by atoms with Gasteiger partial charge in [0, 0.05) is 26.2 Å². The summed E-state index contributed by atoms with van der Waals surface area (Å²) in [5, 5.41) is 10.6. The Bertz CT molecular complexity index is 1140. The Kier molecular flexibility index (Phi) is 7.22. The fourth-order valence-electron chi connectivity index (χ4n) is 6.94. The highest BCUT2D eigenvalue weighted by Gasteiger charge is 2.75. The summed E-state index contributed by atoms with van der Waals surface area (Å²) >= 11 is 0. The predicted molar refractivity (Wildman–Crippen MR) is 143 cm³/mol. The first kappa shape index (κ1) is 26.6. The van der Waals surface area contributed by atoms with E-state index in [1.807, 2.05) is 68.5 Å². The molecular weight excluding hydrogens is 482 g/mol. The minimum Gasteiger partial charge on any atom is -0.394 e.